The number of para-hydroxylation sites is 5. The SMILES string of the molecule is [2H]c1c([2H])c([2H])c2c(c1[2H])c1c([2H])c([2H])c([2H])c([2H])c1n2-c1ccc2c(c1)N(c1cc(-c3ccccc3)cc(-c3ccccc3)c1)c1cc(C(C)(C)C)cc3c1B2c1ccc(N(c2ccccc2)c2ccc(-n4c5ccccc5c5ccccc54)cc2)cc1N3c1ccc(C(C)(C)C)cc1-c1ccccc1. The smallest absolute Gasteiger partial charge is 0.252 e. The first-order valence-electron chi connectivity index (χ1n) is 37.7. The van der Waals surface area contributed by atoms with E-state index in [4.69, 9.17) is 2.74 Å². The number of benzene rings is 14. The van der Waals surface area contributed by atoms with Crippen molar-refractivity contribution in [3.8, 4) is 44.8 Å². The maximum Gasteiger partial charge on any atom is 0.252 e. The van der Waals surface area contributed by atoms with E-state index in [-0.39, 0.29) is 51.4 Å². The average molecular weight is 1270 g/mol. The Labute approximate surface area is 585 Å². The fraction of sp³-hybridized carbons (Fsp3) is 0.0870. The van der Waals surface area contributed by atoms with Gasteiger partial charge in [0.25, 0.3) is 6.71 Å². The highest BCUT2D eigenvalue weighted by molar-refractivity contribution is 7.00. The Kier molecular flexibility index (Phi) is 11.8. The number of nitrogens with zero attached hydrogens (tertiary/aromatic N) is 5. The molecule has 5 nitrogen and oxygen atoms in total. The lowest BCUT2D eigenvalue weighted by molar-refractivity contribution is 0.590. The summed E-state index contributed by atoms with van der Waals surface area (Å²) >= 11 is 0. The molecule has 4 heterocycles. The van der Waals surface area contributed by atoms with Gasteiger partial charge in [-0.3, -0.25) is 0 Å². The summed E-state index contributed by atoms with van der Waals surface area (Å²) in [5.74, 6) is 0. The zero-order chi connectivity index (χ0) is 72.9. The van der Waals surface area contributed by atoms with Gasteiger partial charge < -0.3 is 23.8 Å². The minimum absolute atomic E-state index is 0.0154. The van der Waals surface area contributed by atoms with Gasteiger partial charge in [0.1, 0.15) is 0 Å². The molecule has 0 atom stereocenters. The number of hydrogen-bond acceptors (Lipinski definition) is 3. The van der Waals surface area contributed by atoms with Gasteiger partial charge in [0.15, 0.2) is 0 Å². The van der Waals surface area contributed by atoms with Gasteiger partial charge in [-0.05, 0) is 194 Å². The van der Waals surface area contributed by atoms with Gasteiger partial charge in [-0.1, -0.05) is 242 Å². The van der Waals surface area contributed by atoms with E-state index in [0.717, 1.165) is 123 Å². The van der Waals surface area contributed by atoms with Crippen molar-refractivity contribution in [1.82, 2.24) is 9.13 Å². The van der Waals surface area contributed by atoms with Crippen molar-refractivity contribution in [2.24, 2.45) is 0 Å². The highest BCUT2D eigenvalue weighted by Gasteiger charge is 2.45. The Morgan fingerprint density at radius 1 is 0.306 bits per heavy atom. The summed E-state index contributed by atoms with van der Waals surface area (Å²) in [6.07, 6.45) is 0. The number of rotatable bonds is 10. The maximum absolute atomic E-state index is 9.73. The van der Waals surface area contributed by atoms with Gasteiger partial charge in [0, 0.05) is 84.0 Å². The van der Waals surface area contributed by atoms with Crippen LogP contribution in [0.25, 0.3) is 88.4 Å². The molecule has 2 aliphatic heterocycles. The first-order chi connectivity index (χ1) is 51.2. The Morgan fingerprint density at radius 3 is 1.36 bits per heavy atom. The fourth-order valence-corrected chi connectivity index (χ4v) is 15.3. The van der Waals surface area contributed by atoms with Crippen molar-refractivity contribution < 1.29 is 11.0 Å². The van der Waals surface area contributed by atoms with Crippen LogP contribution in [0.1, 0.15) is 63.6 Å². The van der Waals surface area contributed by atoms with Gasteiger partial charge in [-0.15, -0.1) is 0 Å². The van der Waals surface area contributed by atoms with E-state index in [2.05, 4.69) is 322 Å². The maximum atomic E-state index is 9.73. The Morgan fingerprint density at radius 2 is 0.776 bits per heavy atom. The summed E-state index contributed by atoms with van der Waals surface area (Å²) < 4.78 is 78.7. The molecule has 0 N–H and O–H groups in total. The summed E-state index contributed by atoms with van der Waals surface area (Å²) in [6, 6.07) is 96.5. The Balaban J connectivity index is 0.954. The number of anilines is 9. The zero-order valence-corrected chi connectivity index (χ0v) is 55.4. The van der Waals surface area contributed by atoms with Gasteiger partial charge >= 0.3 is 0 Å². The van der Waals surface area contributed by atoms with Crippen molar-refractivity contribution in [2.75, 3.05) is 14.7 Å². The molecule has 16 aromatic rings. The largest absolute Gasteiger partial charge is 0.311 e. The van der Waals surface area contributed by atoms with Crippen molar-refractivity contribution in [3.63, 3.8) is 0 Å². The van der Waals surface area contributed by atoms with Crippen LogP contribution in [-0.2, 0) is 10.8 Å². The van der Waals surface area contributed by atoms with Crippen LogP contribution in [-0.4, -0.2) is 15.8 Å². The molecular formula is C92H72BN5. The van der Waals surface area contributed by atoms with Crippen LogP contribution < -0.4 is 31.1 Å². The molecule has 0 radical (unpaired) electrons. The molecule has 0 bridgehead atoms. The van der Waals surface area contributed by atoms with Crippen LogP contribution in [0.4, 0.5) is 51.2 Å². The molecule has 0 saturated carbocycles. The molecule has 0 fully saturated rings. The van der Waals surface area contributed by atoms with E-state index in [9.17, 15) is 8.22 Å². The van der Waals surface area contributed by atoms with Crippen molar-refractivity contribution in [1.29, 1.82) is 0 Å². The quantitative estimate of drug-likeness (QED) is 0.127. The Hall–Kier alpha value is -11.9. The van der Waals surface area contributed by atoms with E-state index in [0.29, 0.717) is 5.69 Å². The number of hydrogen-bond donors (Lipinski definition) is 0. The van der Waals surface area contributed by atoms with Crippen LogP contribution in [0.5, 0.6) is 0 Å². The monoisotopic (exact) mass is 1270 g/mol. The van der Waals surface area contributed by atoms with E-state index in [1.165, 1.54) is 16.3 Å². The van der Waals surface area contributed by atoms with Gasteiger partial charge in [0.2, 0.25) is 0 Å². The first-order valence-corrected chi connectivity index (χ1v) is 33.7. The van der Waals surface area contributed by atoms with Gasteiger partial charge in [-0.25, -0.2) is 0 Å². The lowest BCUT2D eigenvalue weighted by Crippen LogP contribution is -2.61. The molecule has 0 aliphatic carbocycles. The van der Waals surface area contributed by atoms with E-state index < -0.39 is 36.3 Å². The molecular weight excluding hydrogens is 1190 g/mol. The molecule has 2 aliphatic rings. The van der Waals surface area contributed by atoms with Crippen molar-refractivity contribution in [3.05, 3.63) is 339 Å². The number of aromatic nitrogens is 2. The fourth-order valence-electron chi connectivity index (χ4n) is 15.3. The van der Waals surface area contributed by atoms with Crippen LogP contribution in [0.2, 0.25) is 0 Å². The topological polar surface area (TPSA) is 19.6 Å². The summed E-state index contributed by atoms with van der Waals surface area (Å²) in [5, 5.41) is 2.42. The molecule has 0 amide bonds. The van der Waals surface area contributed by atoms with Crippen molar-refractivity contribution in [2.45, 2.75) is 52.4 Å². The zero-order valence-electron chi connectivity index (χ0n) is 63.4. The summed E-state index contributed by atoms with van der Waals surface area (Å²) in [5.41, 5.74) is 23.1. The normalized spacial score (nSPS) is 13.9. The third-order valence-electron chi connectivity index (χ3n) is 20.0. The molecule has 0 spiro atoms. The molecule has 6 heteroatoms. The molecule has 14 aromatic carbocycles. The van der Waals surface area contributed by atoms with Crippen LogP contribution in [0.15, 0.2) is 327 Å². The second-order valence-electron chi connectivity index (χ2n) is 28.0. The predicted octanol–water partition coefficient (Wildman–Crippen LogP) is 23.0. The summed E-state index contributed by atoms with van der Waals surface area (Å²) in [4.78, 5) is 7.25. The van der Waals surface area contributed by atoms with E-state index >= 15 is 0 Å². The molecule has 98 heavy (non-hydrogen) atoms. The minimum Gasteiger partial charge on any atom is -0.311 e. The standard InChI is InChI=1S/C92H72BN5/c1-91(2,3)66-43-52-85(78(56-66)63-31-15-9-16-32-63)98-87-59-71(94(68-33-17-10-18-34-68)69-44-46-70(47-45-69)95-81-39-23-19-35-74(81)75-36-20-24-40-82(75)95)48-50-80(87)93-79-51-49-72(96-83-41-25-21-37-76(83)77-38-22-26-42-84(77)96)60-86(79)97(88-57-67(92(4,5)6)58-89(98)90(88)93)73-54-64(61-27-11-7-12-28-61)53-65(55-73)62-29-13-8-14-30-62/h7-60H,1-6H3/i21D,22D,25D,26D,37D,38D,41D,42D. The molecule has 0 saturated heterocycles. The van der Waals surface area contributed by atoms with E-state index in [1.807, 2.05) is 18.2 Å². The molecule has 468 valence electrons. The van der Waals surface area contributed by atoms with Gasteiger partial charge in [0.05, 0.1) is 38.7 Å². The highest BCUT2D eigenvalue weighted by Crippen LogP contribution is 2.52. The predicted molar refractivity (Wildman–Crippen MR) is 418 cm³/mol. The first kappa shape index (κ1) is 50.6. The van der Waals surface area contributed by atoms with Gasteiger partial charge in [-0.2, -0.15) is 0 Å². The Bertz CT molecular complexity index is 6100. The second kappa shape index (κ2) is 22.9. The summed E-state index contributed by atoms with van der Waals surface area (Å²) in [7, 11) is 0. The highest BCUT2D eigenvalue weighted by atomic mass is 15.2. The summed E-state index contributed by atoms with van der Waals surface area (Å²) in [6.45, 7) is 13.2. The van der Waals surface area contributed by atoms with Crippen LogP contribution >= 0.6 is 0 Å². The van der Waals surface area contributed by atoms with Crippen LogP contribution in [0.3, 0.4) is 0 Å². The number of fused-ring (bicyclic) bond motifs is 10. The van der Waals surface area contributed by atoms with E-state index in [1.54, 1.807) is 4.57 Å². The minimum atomic E-state index is -0.496. The third kappa shape index (κ3) is 9.68. The third-order valence-corrected chi connectivity index (χ3v) is 20.0. The molecule has 18 rings (SSSR count). The average Bonchev–Trinajstić information content (AvgIpc) is 1.06. The van der Waals surface area contributed by atoms with Crippen LogP contribution in [0, 0.1) is 0 Å². The van der Waals surface area contributed by atoms with Crippen molar-refractivity contribution >= 4 is 118 Å². The lowest BCUT2D eigenvalue weighted by atomic mass is 9.33. The molecule has 0 unspecified atom stereocenters. The molecule has 2 aromatic heterocycles. The second-order valence-corrected chi connectivity index (χ2v) is 28.0. The lowest BCUT2D eigenvalue weighted by Gasteiger charge is -2.46.